The Bertz CT molecular complexity index is 473. The molecule has 0 unspecified atom stereocenters. The summed E-state index contributed by atoms with van der Waals surface area (Å²) in [6.07, 6.45) is 10.2. The molecule has 0 atom stereocenters. The van der Waals surface area contributed by atoms with Crippen molar-refractivity contribution in [3.05, 3.63) is 30.4 Å². The first kappa shape index (κ1) is 10.3. The van der Waals surface area contributed by atoms with Crippen molar-refractivity contribution in [2.24, 2.45) is 0 Å². The monoisotopic (exact) mass is 229 g/mol. The Hall–Kier alpha value is -1.91. The van der Waals surface area contributed by atoms with Crippen LogP contribution in [0, 0.1) is 0 Å². The van der Waals surface area contributed by atoms with Gasteiger partial charge in [0.15, 0.2) is 5.82 Å². The van der Waals surface area contributed by atoms with Crippen LogP contribution in [0.1, 0.15) is 37.3 Å². The van der Waals surface area contributed by atoms with Gasteiger partial charge >= 0.3 is 0 Å². The first-order valence-electron chi connectivity index (χ1n) is 6.00. The van der Waals surface area contributed by atoms with E-state index in [1.165, 1.54) is 31.4 Å². The molecule has 17 heavy (non-hydrogen) atoms. The quantitative estimate of drug-likeness (QED) is 0.849. The van der Waals surface area contributed by atoms with E-state index >= 15 is 0 Å². The summed E-state index contributed by atoms with van der Waals surface area (Å²) in [6.45, 7) is 0. The van der Waals surface area contributed by atoms with Gasteiger partial charge in [0.05, 0.1) is 6.20 Å². The molecule has 2 aromatic rings. The van der Waals surface area contributed by atoms with Crippen LogP contribution in [-0.2, 0) is 0 Å². The van der Waals surface area contributed by atoms with Gasteiger partial charge in [0.25, 0.3) is 0 Å². The topological polar surface area (TPSA) is 66.5 Å². The molecule has 1 fully saturated rings. The first-order chi connectivity index (χ1) is 8.42. The van der Waals surface area contributed by atoms with Crippen molar-refractivity contribution in [1.29, 1.82) is 0 Å². The molecule has 0 aromatic carbocycles. The van der Waals surface area contributed by atoms with Gasteiger partial charge in [0, 0.05) is 30.1 Å². The van der Waals surface area contributed by atoms with Crippen molar-refractivity contribution >= 4 is 11.6 Å². The maximum Gasteiger partial charge on any atom is 0.153 e. The molecule has 2 heterocycles. The summed E-state index contributed by atoms with van der Waals surface area (Å²) >= 11 is 0. The minimum Gasteiger partial charge on any atom is -0.322 e. The molecule has 2 aromatic heterocycles. The van der Waals surface area contributed by atoms with Gasteiger partial charge in [-0.1, -0.05) is 12.8 Å². The Morgan fingerprint density at radius 2 is 2.06 bits per heavy atom. The van der Waals surface area contributed by atoms with Crippen LogP contribution in [0.2, 0.25) is 0 Å². The number of H-pyrrole nitrogens is 1. The normalized spacial score (nSPS) is 16.2. The zero-order chi connectivity index (χ0) is 11.5. The van der Waals surface area contributed by atoms with Gasteiger partial charge in [-0.2, -0.15) is 5.10 Å². The van der Waals surface area contributed by atoms with E-state index in [0.29, 0.717) is 5.92 Å². The van der Waals surface area contributed by atoms with E-state index in [-0.39, 0.29) is 0 Å². The van der Waals surface area contributed by atoms with E-state index < -0.39 is 0 Å². The molecule has 1 aliphatic rings. The summed E-state index contributed by atoms with van der Waals surface area (Å²) in [6, 6.07) is 2.07. The summed E-state index contributed by atoms with van der Waals surface area (Å²) in [5.41, 5.74) is 1.23. The molecule has 0 amide bonds. The number of hydrogen-bond acceptors (Lipinski definition) is 4. The van der Waals surface area contributed by atoms with E-state index in [1.807, 2.05) is 0 Å². The minimum atomic E-state index is 0.653. The molecule has 88 valence electrons. The van der Waals surface area contributed by atoms with Gasteiger partial charge in [-0.25, -0.2) is 4.98 Å². The van der Waals surface area contributed by atoms with Crippen molar-refractivity contribution in [2.45, 2.75) is 31.6 Å². The van der Waals surface area contributed by atoms with E-state index in [9.17, 15) is 0 Å². The second-order valence-electron chi connectivity index (χ2n) is 4.41. The molecular formula is C12H15N5. The lowest BCUT2D eigenvalue weighted by molar-refractivity contribution is 0.693. The summed E-state index contributed by atoms with van der Waals surface area (Å²) in [5, 5.41) is 10.5. The van der Waals surface area contributed by atoms with Gasteiger partial charge in [0.1, 0.15) is 5.82 Å². The van der Waals surface area contributed by atoms with Crippen molar-refractivity contribution in [2.75, 3.05) is 5.32 Å². The van der Waals surface area contributed by atoms with Crippen LogP contribution in [0.4, 0.5) is 11.6 Å². The Labute approximate surface area is 99.7 Å². The molecule has 5 heteroatoms. The molecule has 0 spiro atoms. The Morgan fingerprint density at radius 1 is 1.18 bits per heavy atom. The second-order valence-corrected chi connectivity index (χ2v) is 4.41. The highest BCUT2D eigenvalue weighted by Gasteiger charge is 2.19. The summed E-state index contributed by atoms with van der Waals surface area (Å²) in [5.74, 6) is 2.18. The van der Waals surface area contributed by atoms with Crippen LogP contribution in [-0.4, -0.2) is 20.2 Å². The summed E-state index contributed by atoms with van der Waals surface area (Å²) in [4.78, 5) is 8.16. The third-order valence-corrected chi connectivity index (χ3v) is 3.21. The number of hydrogen-bond donors (Lipinski definition) is 2. The Morgan fingerprint density at radius 3 is 2.82 bits per heavy atom. The van der Waals surface area contributed by atoms with Crippen molar-refractivity contribution in [3.63, 3.8) is 0 Å². The first-order valence-corrected chi connectivity index (χ1v) is 6.00. The molecule has 0 saturated heterocycles. The van der Waals surface area contributed by atoms with E-state index in [0.717, 1.165) is 11.6 Å². The van der Waals surface area contributed by atoms with Gasteiger partial charge in [-0.05, 0) is 12.8 Å². The number of anilines is 2. The highest BCUT2D eigenvalue weighted by Crippen LogP contribution is 2.33. The summed E-state index contributed by atoms with van der Waals surface area (Å²) < 4.78 is 0. The van der Waals surface area contributed by atoms with Gasteiger partial charge in [-0.15, -0.1) is 0 Å². The Kier molecular flexibility index (Phi) is 2.73. The summed E-state index contributed by atoms with van der Waals surface area (Å²) in [7, 11) is 0. The number of nitrogens with one attached hydrogen (secondary N) is 2. The average molecular weight is 229 g/mol. The maximum absolute atomic E-state index is 4.25. The van der Waals surface area contributed by atoms with E-state index in [2.05, 4.69) is 31.5 Å². The fraction of sp³-hybridized carbons (Fsp3) is 0.417. The second kappa shape index (κ2) is 4.53. The average Bonchev–Trinajstić information content (AvgIpc) is 3.00. The van der Waals surface area contributed by atoms with Gasteiger partial charge < -0.3 is 5.32 Å². The van der Waals surface area contributed by atoms with E-state index in [4.69, 9.17) is 0 Å². The molecule has 5 nitrogen and oxygen atoms in total. The molecule has 0 bridgehead atoms. The third kappa shape index (κ3) is 2.27. The van der Waals surface area contributed by atoms with Crippen LogP contribution < -0.4 is 5.32 Å². The molecule has 2 N–H and O–H groups in total. The zero-order valence-electron chi connectivity index (χ0n) is 9.56. The van der Waals surface area contributed by atoms with Gasteiger partial charge in [0.2, 0.25) is 0 Å². The van der Waals surface area contributed by atoms with Crippen molar-refractivity contribution in [3.8, 4) is 0 Å². The van der Waals surface area contributed by atoms with Crippen LogP contribution in [0.25, 0.3) is 0 Å². The fourth-order valence-corrected chi connectivity index (χ4v) is 2.34. The van der Waals surface area contributed by atoms with Gasteiger partial charge in [-0.3, -0.25) is 10.1 Å². The zero-order valence-corrected chi connectivity index (χ0v) is 9.56. The molecular weight excluding hydrogens is 214 g/mol. The smallest absolute Gasteiger partial charge is 0.153 e. The minimum absolute atomic E-state index is 0.653. The highest BCUT2D eigenvalue weighted by molar-refractivity contribution is 5.50. The largest absolute Gasteiger partial charge is 0.322 e. The molecule has 3 rings (SSSR count). The highest BCUT2D eigenvalue weighted by atomic mass is 15.2. The van der Waals surface area contributed by atoms with Crippen molar-refractivity contribution < 1.29 is 0 Å². The molecule has 0 aliphatic heterocycles. The van der Waals surface area contributed by atoms with Crippen LogP contribution in [0.3, 0.4) is 0 Å². The van der Waals surface area contributed by atoms with E-state index in [1.54, 1.807) is 18.6 Å². The number of aromatic nitrogens is 4. The SMILES string of the molecule is c1cnc(Nc2cc(C3CCCC3)[nH]n2)cn1. The van der Waals surface area contributed by atoms with Crippen LogP contribution in [0.5, 0.6) is 0 Å². The molecule has 1 saturated carbocycles. The lowest BCUT2D eigenvalue weighted by atomic mass is 10.0. The number of nitrogens with zero attached hydrogens (tertiary/aromatic N) is 3. The lowest BCUT2D eigenvalue weighted by Gasteiger charge is -2.03. The van der Waals surface area contributed by atoms with Crippen LogP contribution >= 0.6 is 0 Å². The predicted molar refractivity (Wildman–Crippen MR) is 65.1 cm³/mol. The number of rotatable bonds is 3. The standard InChI is InChI=1S/C12H15N5/c1-2-4-9(3-1)10-7-11(17-16-10)15-12-8-13-5-6-14-12/h5-9H,1-4H2,(H2,14,15,16,17). The lowest BCUT2D eigenvalue weighted by Crippen LogP contribution is -1.93. The Balaban J connectivity index is 1.72. The van der Waals surface area contributed by atoms with Crippen molar-refractivity contribution in [1.82, 2.24) is 20.2 Å². The third-order valence-electron chi connectivity index (χ3n) is 3.21. The number of aromatic amines is 1. The predicted octanol–water partition coefficient (Wildman–Crippen LogP) is 2.60. The molecule has 1 aliphatic carbocycles. The fourth-order valence-electron chi connectivity index (χ4n) is 2.34. The van der Waals surface area contributed by atoms with Crippen LogP contribution in [0.15, 0.2) is 24.7 Å². The maximum atomic E-state index is 4.25. The molecule has 0 radical (unpaired) electrons.